The Balaban J connectivity index is 2.45. The third-order valence-electron chi connectivity index (χ3n) is 3.45. The summed E-state index contributed by atoms with van der Waals surface area (Å²) in [5.41, 5.74) is 2.68. The summed E-state index contributed by atoms with van der Waals surface area (Å²) < 4.78 is 24.6. The molecule has 7 heteroatoms. The molecular formula is C13H19ClN2O2S2. The van der Waals surface area contributed by atoms with Crippen molar-refractivity contribution in [1.29, 1.82) is 0 Å². The van der Waals surface area contributed by atoms with Crippen molar-refractivity contribution < 1.29 is 8.42 Å². The van der Waals surface area contributed by atoms with Gasteiger partial charge in [0.25, 0.3) is 0 Å². The van der Waals surface area contributed by atoms with Crippen LogP contribution in [0.1, 0.15) is 18.2 Å². The van der Waals surface area contributed by atoms with Crippen molar-refractivity contribution in [3.05, 3.63) is 23.5 Å². The Morgan fingerprint density at radius 3 is 2.95 bits per heavy atom. The molecule has 1 aliphatic rings. The molecule has 1 saturated heterocycles. The third-order valence-corrected chi connectivity index (χ3v) is 7.03. The summed E-state index contributed by atoms with van der Waals surface area (Å²) in [5.74, 6) is 2.04. The topological polar surface area (TPSA) is 50.3 Å². The van der Waals surface area contributed by atoms with Crippen LogP contribution in [-0.2, 0) is 15.7 Å². The van der Waals surface area contributed by atoms with Gasteiger partial charge in [0.1, 0.15) is 5.37 Å². The number of nitrogens with zero attached hydrogens (tertiary/aromatic N) is 2. The normalized spacial score (nSPS) is 20.1. The Morgan fingerprint density at radius 2 is 2.30 bits per heavy atom. The van der Waals surface area contributed by atoms with Crippen molar-refractivity contribution >= 4 is 38.9 Å². The zero-order valence-corrected chi connectivity index (χ0v) is 14.1. The highest BCUT2D eigenvalue weighted by Gasteiger charge is 2.33. The Bertz CT molecular complexity index is 578. The second kappa shape index (κ2) is 6.54. The second-order valence-corrected chi connectivity index (χ2v) is 8.63. The summed E-state index contributed by atoms with van der Waals surface area (Å²) in [7, 11) is -3.11. The predicted octanol–water partition coefficient (Wildman–Crippen LogP) is 2.44. The largest absolute Gasteiger partial charge is 0.353 e. The number of pyridine rings is 1. The van der Waals surface area contributed by atoms with Gasteiger partial charge in [-0.25, -0.2) is 8.42 Å². The van der Waals surface area contributed by atoms with Gasteiger partial charge in [0, 0.05) is 46.9 Å². The van der Waals surface area contributed by atoms with Gasteiger partial charge in [-0.3, -0.25) is 4.98 Å². The minimum Gasteiger partial charge on any atom is -0.353 e. The van der Waals surface area contributed by atoms with Gasteiger partial charge < -0.3 is 4.90 Å². The van der Waals surface area contributed by atoms with Crippen LogP contribution >= 0.6 is 23.4 Å². The van der Waals surface area contributed by atoms with Gasteiger partial charge in [-0.15, -0.1) is 11.6 Å². The molecule has 0 aliphatic carbocycles. The van der Waals surface area contributed by atoms with E-state index < -0.39 is 15.2 Å². The fraction of sp³-hybridized carbons (Fsp3) is 0.615. The number of aryl methyl sites for hydroxylation is 1. The number of halogens is 1. The van der Waals surface area contributed by atoms with Crippen LogP contribution in [0.5, 0.6) is 0 Å². The van der Waals surface area contributed by atoms with E-state index in [9.17, 15) is 8.42 Å². The average molecular weight is 335 g/mol. The molecule has 4 nitrogen and oxygen atoms in total. The van der Waals surface area contributed by atoms with Gasteiger partial charge in [-0.1, -0.05) is 6.92 Å². The lowest BCUT2D eigenvalue weighted by molar-refractivity contribution is 0.579. The molecule has 0 saturated carbocycles. The predicted molar refractivity (Wildman–Crippen MR) is 86.5 cm³/mol. The molecule has 1 unspecified atom stereocenters. The SMILES string of the molecule is CCS(=O)(=O)C1CSCCN1c1cc(C)ncc1CCl. The van der Waals surface area contributed by atoms with Gasteiger partial charge in [-0.05, 0) is 13.0 Å². The van der Waals surface area contributed by atoms with E-state index in [1.807, 2.05) is 17.9 Å². The number of alkyl halides is 1. The van der Waals surface area contributed by atoms with Crippen LogP contribution < -0.4 is 4.90 Å². The molecule has 0 amide bonds. The van der Waals surface area contributed by atoms with E-state index in [0.29, 0.717) is 11.6 Å². The standard InChI is InChI=1S/C13H19ClN2O2S2/c1-3-20(17,18)13-9-19-5-4-16(13)12-6-10(2)15-8-11(12)7-14/h6,8,13H,3-5,7,9H2,1-2H3. The van der Waals surface area contributed by atoms with E-state index in [0.717, 1.165) is 29.2 Å². The summed E-state index contributed by atoms with van der Waals surface area (Å²) in [6.45, 7) is 4.33. The molecule has 112 valence electrons. The van der Waals surface area contributed by atoms with E-state index in [4.69, 9.17) is 11.6 Å². The summed E-state index contributed by atoms with van der Waals surface area (Å²) in [5, 5.41) is -0.463. The molecule has 0 bridgehead atoms. The Kier molecular flexibility index (Phi) is 5.20. The van der Waals surface area contributed by atoms with Crippen LogP contribution in [0.2, 0.25) is 0 Å². The first-order chi connectivity index (χ1) is 9.49. The number of anilines is 1. The Hall–Kier alpha value is -0.460. The quantitative estimate of drug-likeness (QED) is 0.792. The highest BCUT2D eigenvalue weighted by atomic mass is 35.5. The molecule has 1 aliphatic heterocycles. The van der Waals surface area contributed by atoms with Crippen molar-refractivity contribution in [3.63, 3.8) is 0 Å². The van der Waals surface area contributed by atoms with Crippen molar-refractivity contribution in [2.24, 2.45) is 0 Å². The lowest BCUT2D eigenvalue weighted by atomic mass is 10.2. The molecule has 0 spiro atoms. The lowest BCUT2D eigenvalue weighted by Crippen LogP contribution is -2.48. The van der Waals surface area contributed by atoms with Crippen molar-refractivity contribution in [3.8, 4) is 0 Å². The number of sulfone groups is 1. The Morgan fingerprint density at radius 1 is 1.55 bits per heavy atom. The second-order valence-electron chi connectivity index (χ2n) is 4.76. The lowest BCUT2D eigenvalue weighted by Gasteiger charge is -2.37. The van der Waals surface area contributed by atoms with Gasteiger partial charge >= 0.3 is 0 Å². The fourth-order valence-corrected chi connectivity index (χ4v) is 5.48. The smallest absolute Gasteiger partial charge is 0.171 e. The highest BCUT2D eigenvalue weighted by Crippen LogP contribution is 2.31. The molecule has 1 aromatic heterocycles. The monoisotopic (exact) mass is 334 g/mol. The number of hydrogen-bond donors (Lipinski definition) is 0. The summed E-state index contributed by atoms with van der Waals surface area (Å²) in [6.07, 6.45) is 1.75. The van der Waals surface area contributed by atoms with E-state index in [1.165, 1.54) is 0 Å². The van der Waals surface area contributed by atoms with E-state index in [1.54, 1.807) is 24.9 Å². The maximum Gasteiger partial charge on any atom is 0.171 e. The van der Waals surface area contributed by atoms with Crippen LogP contribution in [-0.4, -0.2) is 42.6 Å². The number of aromatic nitrogens is 1. The fourth-order valence-electron chi connectivity index (χ4n) is 2.29. The van der Waals surface area contributed by atoms with Gasteiger partial charge in [0.05, 0.1) is 5.88 Å². The number of thioether (sulfide) groups is 1. The molecule has 0 aromatic carbocycles. The minimum atomic E-state index is -3.11. The van der Waals surface area contributed by atoms with Crippen LogP contribution in [0.4, 0.5) is 5.69 Å². The van der Waals surface area contributed by atoms with Crippen molar-refractivity contribution in [2.45, 2.75) is 25.1 Å². The van der Waals surface area contributed by atoms with E-state index in [2.05, 4.69) is 4.98 Å². The molecule has 1 atom stereocenters. The maximum atomic E-state index is 12.3. The zero-order chi connectivity index (χ0) is 14.8. The molecule has 0 radical (unpaired) electrons. The number of rotatable bonds is 4. The molecular weight excluding hydrogens is 316 g/mol. The zero-order valence-electron chi connectivity index (χ0n) is 11.7. The molecule has 1 fully saturated rings. The van der Waals surface area contributed by atoms with Crippen LogP contribution in [0, 0.1) is 6.92 Å². The van der Waals surface area contributed by atoms with Gasteiger partial charge in [-0.2, -0.15) is 11.8 Å². The number of hydrogen-bond acceptors (Lipinski definition) is 5. The summed E-state index contributed by atoms with van der Waals surface area (Å²) in [4.78, 5) is 6.23. The first-order valence-electron chi connectivity index (χ1n) is 6.57. The maximum absolute atomic E-state index is 12.3. The molecule has 1 aromatic rings. The van der Waals surface area contributed by atoms with Crippen molar-refractivity contribution in [2.75, 3.05) is 28.7 Å². The van der Waals surface area contributed by atoms with Crippen LogP contribution in [0.25, 0.3) is 0 Å². The van der Waals surface area contributed by atoms with Crippen LogP contribution in [0.3, 0.4) is 0 Å². The van der Waals surface area contributed by atoms with Gasteiger partial charge in [0.2, 0.25) is 0 Å². The molecule has 20 heavy (non-hydrogen) atoms. The molecule has 2 rings (SSSR count). The summed E-state index contributed by atoms with van der Waals surface area (Å²) >= 11 is 7.67. The Labute approximate surface area is 129 Å². The first kappa shape index (κ1) is 15.9. The van der Waals surface area contributed by atoms with E-state index >= 15 is 0 Å². The highest BCUT2D eigenvalue weighted by molar-refractivity contribution is 8.01. The van der Waals surface area contributed by atoms with Gasteiger partial charge in [0.15, 0.2) is 9.84 Å². The minimum absolute atomic E-state index is 0.162. The summed E-state index contributed by atoms with van der Waals surface area (Å²) in [6, 6.07) is 1.94. The van der Waals surface area contributed by atoms with Crippen molar-refractivity contribution in [1.82, 2.24) is 4.98 Å². The van der Waals surface area contributed by atoms with E-state index in [-0.39, 0.29) is 5.75 Å². The molecule has 2 heterocycles. The van der Waals surface area contributed by atoms with Crippen LogP contribution in [0.15, 0.2) is 12.3 Å². The first-order valence-corrected chi connectivity index (χ1v) is 9.97. The third kappa shape index (κ3) is 3.23. The molecule has 0 N–H and O–H groups in total. The average Bonchev–Trinajstić information content (AvgIpc) is 2.47.